The van der Waals surface area contributed by atoms with Gasteiger partial charge in [0, 0.05) is 0 Å². The van der Waals surface area contributed by atoms with E-state index in [1.54, 1.807) is 0 Å². The van der Waals surface area contributed by atoms with E-state index >= 15 is 0 Å². The van der Waals surface area contributed by atoms with Gasteiger partial charge < -0.3 is 20.1 Å². The van der Waals surface area contributed by atoms with Crippen LogP contribution in [-0.2, 0) is 4.74 Å². The predicted molar refractivity (Wildman–Crippen MR) is 95.4 cm³/mol. The highest BCUT2D eigenvalue weighted by Crippen LogP contribution is 2.18. The van der Waals surface area contributed by atoms with Crippen molar-refractivity contribution in [2.75, 3.05) is 19.8 Å². The Morgan fingerprint density at radius 2 is 1.65 bits per heavy atom. The third-order valence-electron chi connectivity index (χ3n) is 4.22. The highest BCUT2D eigenvalue weighted by atomic mass is 16.5. The Labute approximate surface area is 142 Å². The van der Waals surface area contributed by atoms with Gasteiger partial charge in [-0.15, -0.1) is 0 Å². The summed E-state index contributed by atoms with van der Waals surface area (Å²) >= 11 is 0. The van der Waals surface area contributed by atoms with Gasteiger partial charge in [-0.1, -0.05) is 58.1 Å². The maximum atomic E-state index is 9.43. The summed E-state index contributed by atoms with van der Waals surface area (Å²) in [7, 11) is 0. The summed E-state index contributed by atoms with van der Waals surface area (Å²) in [5, 5.41) is 27.3. The molecule has 0 fully saturated rings. The summed E-state index contributed by atoms with van der Waals surface area (Å²) in [5.74, 6) is 1.61. The standard InChI is InChI=1S/C19H38O4/c1-15(2)7-5-8-16(3)9-6-10-17(4)11-12-23-14-19(22)18(21)13-20/h11,15-16,18-22H,5-10,12-14H2,1-4H3/b17-11+. The average molecular weight is 331 g/mol. The van der Waals surface area contributed by atoms with Crippen LogP contribution in [0.25, 0.3) is 0 Å². The van der Waals surface area contributed by atoms with Gasteiger partial charge >= 0.3 is 0 Å². The zero-order valence-corrected chi connectivity index (χ0v) is 15.5. The lowest BCUT2D eigenvalue weighted by atomic mass is 9.94. The van der Waals surface area contributed by atoms with E-state index < -0.39 is 18.8 Å². The van der Waals surface area contributed by atoms with Gasteiger partial charge in [-0.05, 0) is 31.6 Å². The van der Waals surface area contributed by atoms with E-state index in [1.807, 2.05) is 6.08 Å². The van der Waals surface area contributed by atoms with Gasteiger partial charge in [0.2, 0.25) is 0 Å². The Morgan fingerprint density at radius 3 is 2.26 bits per heavy atom. The Bertz CT molecular complexity index is 302. The molecule has 23 heavy (non-hydrogen) atoms. The molecule has 0 saturated carbocycles. The number of rotatable bonds is 14. The largest absolute Gasteiger partial charge is 0.394 e. The Hall–Kier alpha value is -0.420. The van der Waals surface area contributed by atoms with E-state index in [2.05, 4.69) is 27.7 Å². The summed E-state index contributed by atoms with van der Waals surface area (Å²) < 4.78 is 5.29. The molecule has 0 aliphatic carbocycles. The molecule has 138 valence electrons. The summed E-state index contributed by atoms with van der Waals surface area (Å²) in [4.78, 5) is 0. The van der Waals surface area contributed by atoms with Gasteiger partial charge in [0.15, 0.2) is 0 Å². The molecule has 0 aromatic rings. The summed E-state index contributed by atoms with van der Waals surface area (Å²) in [5.41, 5.74) is 1.30. The average Bonchev–Trinajstić information content (AvgIpc) is 2.50. The van der Waals surface area contributed by atoms with Crippen LogP contribution in [0.5, 0.6) is 0 Å². The lowest BCUT2D eigenvalue weighted by Gasteiger charge is -2.15. The first-order valence-electron chi connectivity index (χ1n) is 9.07. The van der Waals surface area contributed by atoms with Crippen molar-refractivity contribution >= 4 is 0 Å². The third kappa shape index (κ3) is 13.7. The van der Waals surface area contributed by atoms with Crippen LogP contribution in [0.1, 0.15) is 66.2 Å². The smallest absolute Gasteiger partial charge is 0.105 e. The zero-order valence-electron chi connectivity index (χ0n) is 15.5. The fourth-order valence-corrected chi connectivity index (χ4v) is 2.47. The van der Waals surface area contributed by atoms with Crippen molar-refractivity contribution in [3.63, 3.8) is 0 Å². The number of ether oxygens (including phenoxy) is 1. The van der Waals surface area contributed by atoms with Crippen LogP contribution >= 0.6 is 0 Å². The molecule has 4 heteroatoms. The Morgan fingerprint density at radius 1 is 1.00 bits per heavy atom. The van der Waals surface area contributed by atoms with Crippen molar-refractivity contribution < 1.29 is 20.1 Å². The fraction of sp³-hybridized carbons (Fsp3) is 0.895. The lowest BCUT2D eigenvalue weighted by Crippen LogP contribution is -2.33. The minimum atomic E-state index is -1.13. The second-order valence-corrected chi connectivity index (χ2v) is 7.23. The molecule has 0 aromatic carbocycles. The summed E-state index contributed by atoms with van der Waals surface area (Å²) in [6.07, 6.45) is 7.43. The van der Waals surface area contributed by atoms with Crippen LogP contribution in [-0.4, -0.2) is 47.3 Å². The van der Waals surface area contributed by atoms with Crippen molar-refractivity contribution in [3.05, 3.63) is 11.6 Å². The van der Waals surface area contributed by atoms with Gasteiger partial charge in [-0.2, -0.15) is 0 Å². The molecule has 0 bridgehead atoms. The number of hydrogen-bond acceptors (Lipinski definition) is 4. The molecule has 0 rings (SSSR count). The molecule has 0 saturated heterocycles. The van der Waals surface area contributed by atoms with Crippen LogP contribution in [0.4, 0.5) is 0 Å². The van der Waals surface area contributed by atoms with Crippen molar-refractivity contribution in [2.24, 2.45) is 11.8 Å². The second-order valence-electron chi connectivity index (χ2n) is 7.23. The van der Waals surface area contributed by atoms with Crippen LogP contribution in [0, 0.1) is 11.8 Å². The highest BCUT2D eigenvalue weighted by molar-refractivity contribution is 4.97. The van der Waals surface area contributed by atoms with E-state index in [9.17, 15) is 10.2 Å². The molecule has 0 heterocycles. The topological polar surface area (TPSA) is 69.9 Å². The Balaban J connectivity index is 3.66. The number of allylic oxidation sites excluding steroid dienone is 1. The molecule has 0 spiro atoms. The van der Waals surface area contributed by atoms with Gasteiger partial charge in [0.25, 0.3) is 0 Å². The molecule has 0 aliphatic rings. The molecule has 3 unspecified atom stereocenters. The van der Waals surface area contributed by atoms with Crippen LogP contribution in [0.2, 0.25) is 0 Å². The van der Waals surface area contributed by atoms with E-state index in [0.717, 1.165) is 18.3 Å². The molecule has 3 atom stereocenters. The van der Waals surface area contributed by atoms with Crippen molar-refractivity contribution in [1.29, 1.82) is 0 Å². The predicted octanol–water partition coefficient (Wildman–Crippen LogP) is 3.30. The monoisotopic (exact) mass is 330 g/mol. The van der Waals surface area contributed by atoms with E-state index in [0.29, 0.717) is 6.61 Å². The highest BCUT2D eigenvalue weighted by Gasteiger charge is 2.14. The van der Waals surface area contributed by atoms with E-state index in [1.165, 1.54) is 37.7 Å². The lowest BCUT2D eigenvalue weighted by molar-refractivity contribution is -0.0527. The van der Waals surface area contributed by atoms with E-state index in [4.69, 9.17) is 9.84 Å². The van der Waals surface area contributed by atoms with Gasteiger partial charge in [0.1, 0.15) is 12.2 Å². The van der Waals surface area contributed by atoms with Crippen molar-refractivity contribution in [2.45, 2.75) is 78.4 Å². The van der Waals surface area contributed by atoms with Crippen LogP contribution in [0.15, 0.2) is 11.6 Å². The molecule has 0 aliphatic heterocycles. The fourth-order valence-electron chi connectivity index (χ4n) is 2.47. The van der Waals surface area contributed by atoms with Crippen molar-refractivity contribution in [3.8, 4) is 0 Å². The minimum Gasteiger partial charge on any atom is -0.394 e. The first-order valence-corrected chi connectivity index (χ1v) is 9.07. The second kappa shape index (κ2) is 14.0. The van der Waals surface area contributed by atoms with Crippen LogP contribution in [0.3, 0.4) is 0 Å². The van der Waals surface area contributed by atoms with Gasteiger partial charge in [-0.25, -0.2) is 0 Å². The normalized spacial score (nSPS) is 16.6. The van der Waals surface area contributed by atoms with Gasteiger partial charge in [-0.3, -0.25) is 0 Å². The van der Waals surface area contributed by atoms with Crippen LogP contribution < -0.4 is 0 Å². The molecule has 0 aromatic heterocycles. The van der Waals surface area contributed by atoms with Crippen molar-refractivity contribution in [1.82, 2.24) is 0 Å². The van der Waals surface area contributed by atoms with E-state index in [-0.39, 0.29) is 6.61 Å². The molecule has 0 amide bonds. The van der Waals surface area contributed by atoms with Gasteiger partial charge in [0.05, 0.1) is 19.8 Å². The molecule has 0 radical (unpaired) electrons. The Kier molecular flexibility index (Phi) is 13.7. The first-order chi connectivity index (χ1) is 10.9. The number of aliphatic hydroxyl groups excluding tert-OH is 3. The summed E-state index contributed by atoms with van der Waals surface area (Å²) in [6.45, 7) is 9.04. The minimum absolute atomic E-state index is 0.0401. The zero-order chi connectivity index (χ0) is 17.7. The maximum absolute atomic E-state index is 9.43. The quantitative estimate of drug-likeness (QED) is 0.338. The maximum Gasteiger partial charge on any atom is 0.105 e. The SMILES string of the molecule is C/C(=C\COCC(O)C(O)CO)CCCC(C)CCCC(C)C. The molecule has 3 N–H and O–H groups in total. The molecular formula is C19H38O4. The summed E-state index contributed by atoms with van der Waals surface area (Å²) in [6, 6.07) is 0. The number of aliphatic hydroxyl groups is 3. The number of hydrogen-bond donors (Lipinski definition) is 3. The molecule has 4 nitrogen and oxygen atoms in total. The third-order valence-corrected chi connectivity index (χ3v) is 4.22. The first kappa shape index (κ1) is 22.6. The molecular weight excluding hydrogens is 292 g/mol.